The zero-order chi connectivity index (χ0) is 15.6. The number of nitrogen functional groups attached to an aromatic ring is 1. The molecule has 0 unspecified atom stereocenters. The molecule has 4 nitrogen and oxygen atoms in total. The third-order valence-corrected chi connectivity index (χ3v) is 5.02. The van der Waals surface area contributed by atoms with E-state index in [9.17, 15) is 12.8 Å². The number of sulfonamides is 1. The number of hydrogen-bond donors (Lipinski definition) is 1. The molecule has 0 saturated heterocycles. The molecule has 0 amide bonds. The van der Waals surface area contributed by atoms with Crippen LogP contribution >= 0.6 is 0 Å². The van der Waals surface area contributed by atoms with Crippen LogP contribution in [0.1, 0.15) is 12.5 Å². The van der Waals surface area contributed by atoms with Crippen LogP contribution in [0.3, 0.4) is 0 Å². The van der Waals surface area contributed by atoms with Crippen molar-refractivity contribution in [2.45, 2.75) is 18.2 Å². The predicted octanol–water partition coefficient (Wildman–Crippen LogP) is 2.80. The third-order valence-electron chi connectivity index (χ3n) is 3.26. The first-order valence-electron chi connectivity index (χ1n) is 6.48. The van der Waals surface area contributed by atoms with E-state index in [0.717, 1.165) is 28.4 Å². The Morgan fingerprint density at radius 2 is 1.76 bits per heavy atom. The third kappa shape index (κ3) is 3.16. The van der Waals surface area contributed by atoms with Crippen LogP contribution in [0.2, 0.25) is 0 Å². The van der Waals surface area contributed by atoms with E-state index in [0.29, 0.717) is 5.69 Å². The summed E-state index contributed by atoms with van der Waals surface area (Å²) in [4.78, 5) is -0.165. The van der Waals surface area contributed by atoms with E-state index >= 15 is 0 Å². The van der Waals surface area contributed by atoms with Gasteiger partial charge in [0, 0.05) is 12.7 Å². The van der Waals surface area contributed by atoms with Crippen molar-refractivity contribution < 1.29 is 12.8 Å². The molecule has 0 atom stereocenters. The highest BCUT2D eigenvalue weighted by Gasteiger charge is 2.22. The molecule has 0 bridgehead atoms. The molecule has 0 heterocycles. The number of nitrogens with zero attached hydrogens (tertiary/aromatic N) is 1. The Labute approximate surface area is 124 Å². The Balaban J connectivity index is 2.41. The van der Waals surface area contributed by atoms with Crippen molar-refractivity contribution in [1.82, 2.24) is 0 Å². The SMILES string of the molecule is CCc1ccc(N(C)S(=O)(=O)c2cc(N)cc(F)c2)cc1. The van der Waals surface area contributed by atoms with Gasteiger partial charge in [-0.3, -0.25) is 4.31 Å². The maximum atomic E-state index is 13.4. The molecule has 0 radical (unpaired) electrons. The van der Waals surface area contributed by atoms with Gasteiger partial charge in [0.2, 0.25) is 0 Å². The van der Waals surface area contributed by atoms with Gasteiger partial charge in [0.25, 0.3) is 10.0 Å². The standard InChI is InChI=1S/C15H17FN2O2S/c1-3-11-4-6-14(7-5-11)18(2)21(19,20)15-9-12(16)8-13(17)10-15/h4-10H,3,17H2,1-2H3. The van der Waals surface area contributed by atoms with Gasteiger partial charge in [0.1, 0.15) is 5.82 Å². The first-order chi connectivity index (χ1) is 9.84. The molecule has 21 heavy (non-hydrogen) atoms. The molecule has 0 aliphatic carbocycles. The molecule has 0 saturated carbocycles. The summed E-state index contributed by atoms with van der Waals surface area (Å²) in [6.07, 6.45) is 0.872. The predicted molar refractivity (Wildman–Crippen MR) is 82.2 cm³/mol. The molecule has 2 N–H and O–H groups in total. The fourth-order valence-electron chi connectivity index (χ4n) is 1.97. The summed E-state index contributed by atoms with van der Waals surface area (Å²) in [7, 11) is -2.42. The highest BCUT2D eigenvalue weighted by molar-refractivity contribution is 7.92. The number of anilines is 2. The molecule has 6 heteroatoms. The van der Waals surface area contributed by atoms with Crippen molar-refractivity contribution in [3.05, 3.63) is 53.8 Å². The average Bonchev–Trinajstić information content (AvgIpc) is 2.45. The van der Waals surface area contributed by atoms with Gasteiger partial charge >= 0.3 is 0 Å². The highest BCUT2D eigenvalue weighted by atomic mass is 32.2. The molecule has 0 aliphatic rings. The molecule has 2 rings (SSSR count). The van der Waals surface area contributed by atoms with Gasteiger partial charge in [0.15, 0.2) is 0 Å². The fraction of sp³-hybridized carbons (Fsp3) is 0.200. The van der Waals surface area contributed by atoms with E-state index < -0.39 is 15.8 Å². The smallest absolute Gasteiger partial charge is 0.264 e. The van der Waals surface area contributed by atoms with Crippen LogP contribution in [0.25, 0.3) is 0 Å². The minimum absolute atomic E-state index is 0.0725. The summed E-state index contributed by atoms with van der Waals surface area (Å²) >= 11 is 0. The van der Waals surface area contributed by atoms with Gasteiger partial charge in [-0.05, 0) is 42.3 Å². The van der Waals surface area contributed by atoms with Crippen molar-refractivity contribution in [3.63, 3.8) is 0 Å². The second kappa shape index (κ2) is 5.73. The normalized spacial score (nSPS) is 11.4. The molecule has 0 aliphatic heterocycles. The van der Waals surface area contributed by atoms with Gasteiger partial charge in [-0.15, -0.1) is 0 Å². The van der Waals surface area contributed by atoms with Crippen molar-refractivity contribution >= 4 is 21.4 Å². The second-order valence-corrected chi connectivity index (χ2v) is 6.68. The Morgan fingerprint density at radius 3 is 2.29 bits per heavy atom. The van der Waals surface area contributed by atoms with E-state index in [1.54, 1.807) is 12.1 Å². The minimum Gasteiger partial charge on any atom is -0.399 e. The van der Waals surface area contributed by atoms with Crippen LogP contribution in [0.15, 0.2) is 47.4 Å². The maximum Gasteiger partial charge on any atom is 0.264 e. The van der Waals surface area contributed by atoms with Gasteiger partial charge in [-0.2, -0.15) is 0 Å². The van der Waals surface area contributed by atoms with Crippen LogP contribution < -0.4 is 10.0 Å². The minimum atomic E-state index is -3.84. The molecular formula is C15H17FN2O2S. The first kappa shape index (κ1) is 15.3. The Bertz CT molecular complexity index is 723. The highest BCUT2D eigenvalue weighted by Crippen LogP contribution is 2.24. The van der Waals surface area contributed by atoms with Gasteiger partial charge < -0.3 is 5.73 Å². The summed E-state index contributed by atoms with van der Waals surface area (Å²) in [5, 5.41) is 0. The Morgan fingerprint density at radius 1 is 1.14 bits per heavy atom. The van der Waals surface area contributed by atoms with E-state index in [2.05, 4.69) is 0 Å². The average molecular weight is 308 g/mol. The summed E-state index contributed by atoms with van der Waals surface area (Å²) in [5.74, 6) is -0.677. The number of halogens is 1. The molecule has 2 aromatic rings. The summed E-state index contributed by atoms with van der Waals surface area (Å²) in [5.41, 5.74) is 7.20. The van der Waals surface area contributed by atoms with E-state index in [1.165, 1.54) is 13.1 Å². The van der Waals surface area contributed by atoms with Crippen LogP contribution in [0.4, 0.5) is 15.8 Å². The summed E-state index contributed by atoms with van der Waals surface area (Å²) in [6, 6.07) is 10.5. The van der Waals surface area contributed by atoms with Crippen LogP contribution in [0, 0.1) is 5.82 Å². The Hall–Kier alpha value is -2.08. The van der Waals surface area contributed by atoms with Gasteiger partial charge in [-0.25, -0.2) is 12.8 Å². The summed E-state index contributed by atoms with van der Waals surface area (Å²) in [6.45, 7) is 2.02. The molecule has 0 fully saturated rings. The van der Waals surface area contributed by atoms with Crippen molar-refractivity contribution in [2.75, 3.05) is 17.1 Å². The molecule has 0 aromatic heterocycles. The van der Waals surface area contributed by atoms with E-state index in [4.69, 9.17) is 5.73 Å². The zero-order valence-electron chi connectivity index (χ0n) is 11.9. The van der Waals surface area contributed by atoms with Gasteiger partial charge in [0.05, 0.1) is 10.6 Å². The lowest BCUT2D eigenvalue weighted by Crippen LogP contribution is -2.26. The molecule has 2 aromatic carbocycles. The van der Waals surface area contributed by atoms with Crippen LogP contribution in [-0.4, -0.2) is 15.5 Å². The first-order valence-corrected chi connectivity index (χ1v) is 7.92. The lowest BCUT2D eigenvalue weighted by Gasteiger charge is -2.20. The van der Waals surface area contributed by atoms with Crippen molar-refractivity contribution in [1.29, 1.82) is 0 Å². The van der Waals surface area contributed by atoms with E-state index in [-0.39, 0.29) is 10.6 Å². The number of rotatable bonds is 4. The maximum absolute atomic E-state index is 13.4. The number of nitrogens with two attached hydrogens (primary N) is 1. The van der Waals surface area contributed by atoms with E-state index in [1.807, 2.05) is 19.1 Å². The van der Waals surface area contributed by atoms with Crippen molar-refractivity contribution in [3.8, 4) is 0 Å². The largest absolute Gasteiger partial charge is 0.399 e. The lowest BCUT2D eigenvalue weighted by molar-refractivity contribution is 0.589. The molecule has 0 spiro atoms. The molecule has 112 valence electrons. The van der Waals surface area contributed by atoms with Crippen molar-refractivity contribution in [2.24, 2.45) is 0 Å². The lowest BCUT2D eigenvalue weighted by atomic mass is 10.1. The number of hydrogen-bond acceptors (Lipinski definition) is 3. The topological polar surface area (TPSA) is 63.4 Å². The Kier molecular flexibility index (Phi) is 4.18. The monoisotopic (exact) mass is 308 g/mol. The zero-order valence-corrected chi connectivity index (χ0v) is 12.7. The fourth-order valence-corrected chi connectivity index (χ4v) is 3.23. The van der Waals surface area contributed by atoms with Crippen LogP contribution in [-0.2, 0) is 16.4 Å². The summed E-state index contributed by atoms with van der Waals surface area (Å²) < 4.78 is 39.5. The van der Waals surface area contributed by atoms with Gasteiger partial charge in [-0.1, -0.05) is 19.1 Å². The molecular weight excluding hydrogens is 291 g/mol. The van der Waals surface area contributed by atoms with Crippen LogP contribution in [0.5, 0.6) is 0 Å². The second-order valence-electron chi connectivity index (χ2n) is 4.71. The number of aryl methyl sites for hydroxylation is 1. The number of benzene rings is 2. The quantitative estimate of drug-likeness (QED) is 0.883.